The van der Waals surface area contributed by atoms with Crippen LogP contribution in [0.4, 0.5) is 0 Å². The Morgan fingerprint density at radius 3 is 2.22 bits per heavy atom. The summed E-state index contributed by atoms with van der Waals surface area (Å²) in [7, 11) is 0. The smallest absolute Gasteiger partial charge is 0.341 e. The highest BCUT2D eigenvalue weighted by Gasteiger charge is 2.15. The fourth-order valence-electron chi connectivity index (χ4n) is 1.26. The van der Waals surface area contributed by atoms with E-state index in [0.717, 1.165) is 0 Å². The summed E-state index contributed by atoms with van der Waals surface area (Å²) in [6.45, 7) is 5.30. The molecule has 0 aliphatic carbocycles. The summed E-state index contributed by atoms with van der Waals surface area (Å²) in [5.74, 6) is -0.790. The second-order valence-electron chi connectivity index (χ2n) is 4.91. The molecule has 0 unspecified atom stereocenters. The molecule has 0 aromatic heterocycles. The first-order valence-corrected chi connectivity index (χ1v) is 5.55. The van der Waals surface area contributed by atoms with Gasteiger partial charge in [0.05, 0.1) is 0 Å². The molecular weight excluding hydrogens is 234 g/mol. The molecule has 98 valence electrons. The quantitative estimate of drug-likeness (QED) is 0.853. The highest BCUT2D eigenvalue weighted by atomic mass is 16.5. The molecule has 1 aromatic rings. The summed E-state index contributed by atoms with van der Waals surface area (Å²) >= 11 is 0. The number of ether oxygens (including phenoxy) is 1. The number of benzene rings is 1. The number of carbonyl (C=O) groups is 2. The molecule has 5 nitrogen and oxygen atoms in total. The number of carbonyl (C=O) groups excluding carboxylic acids is 1. The Hall–Kier alpha value is -2.04. The minimum atomic E-state index is -1.04. The number of amides is 1. The van der Waals surface area contributed by atoms with E-state index in [1.165, 1.54) is 0 Å². The molecule has 0 radical (unpaired) electrons. The molecular formula is C13H17NO4. The Morgan fingerprint density at radius 1 is 1.22 bits per heavy atom. The SMILES string of the molecule is CC(C)(C)NC(=O)c1ccc(OCC(=O)O)cc1. The molecule has 0 saturated carbocycles. The van der Waals surface area contributed by atoms with E-state index in [9.17, 15) is 9.59 Å². The third-order valence-electron chi connectivity index (χ3n) is 1.97. The average molecular weight is 251 g/mol. The number of aliphatic carboxylic acids is 1. The Labute approximate surface area is 106 Å². The van der Waals surface area contributed by atoms with Crippen LogP contribution in [0.2, 0.25) is 0 Å². The normalized spacial score (nSPS) is 10.8. The first kappa shape index (κ1) is 14.0. The third kappa shape index (κ3) is 4.86. The summed E-state index contributed by atoms with van der Waals surface area (Å²) in [4.78, 5) is 22.1. The topological polar surface area (TPSA) is 75.6 Å². The molecule has 18 heavy (non-hydrogen) atoms. The van der Waals surface area contributed by atoms with Crippen LogP contribution in [-0.4, -0.2) is 29.1 Å². The van der Waals surface area contributed by atoms with Crippen LogP contribution in [0.15, 0.2) is 24.3 Å². The lowest BCUT2D eigenvalue weighted by molar-refractivity contribution is -0.139. The van der Waals surface area contributed by atoms with Gasteiger partial charge in [-0.05, 0) is 45.0 Å². The maximum atomic E-state index is 11.8. The van der Waals surface area contributed by atoms with Crippen LogP contribution < -0.4 is 10.1 Å². The van der Waals surface area contributed by atoms with Gasteiger partial charge in [-0.1, -0.05) is 0 Å². The van der Waals surface area contributed by atoms with Crippen molar-refractivity contribution < 1.29 is 19.4 Å². The fourth-order valence-corrected chi connectivity index (χ4v) is 1.26. The summed E-state index contributed by atoms with van der Waals surface area (Å²) in [5, 5.41) is 11.3. The third-order valence-corrected chi connectivity index (χ3v) is 1.97. The largest absolute Gasteiger partial charge is 0.482 e. The summed E-state index contributed by atoms with van der Waals surface area (Å²) in [6.07, 6.45) is 0. The Morgan fingerprint density at radius 2 is 1.78 bits per heavy atom. The van der Waals surface area contributed by atoms with Gasteiger partial charge < -0.3 is 15.2 Å². The molecule has 1 rings (SSSR count). The van der Waals surface area contributed by atoms with Crippen molar-refractivity contribution in [1.82, 2.24) is 5.32 Å². The molecule has 0 bridgehead atoms. The van der Waals surface area contributed by atoms with Gasteiger partial charge in [-0.2, -0.15) is 0 Å². The van der Waals surface area contributed by atoms with Crippen LogP contribution in [0, 0.1) is 0 Å². The van der Waals surface area contributed by atoms with Crippen molar-refractivity contribution in [3.05, 3.63) is 29.8 Å². The highest BCUT2D eigenvalue weighted by Crippen LogP contribution is 2.13. The van der Waals surface area contributed by atoms with Crippen LogP contribution in [-0.2, 0) is 4.79 Å². The van der Waals surface area contributed by atoms with Gasteiger partial charge in [0.2, 0.25) is 0 Å². The van der Waals surface area contributed by atoms with E-state index >= 15 is 0 Å². The average Bonchev–Trinajstić information content (AvgIpc) is 2.24. The zero-order chi connectivity index (χ0) is 13.8. The van der Waals surface area contributed by atoms with Crippen molar-refractivity contribution >= 4 is 11.9 Å². The number of hydrogen-bond acceptors (Lipinski definition) is 3. The molecule has 0 spiro atoms. The lowest BCUT2D eigenvalue weighted by Crippen LogP contribution is -2.40. The molecule has 2 N–H and O–H groups in total. The maximum absolute atomic E-state index is 11.8. The van der Waals surface area contributed by atoms with Gasteiger partial charge >= 0.3 is 5.97 Å². The lowest BCUT2D eigenvalue weighted by Gasteiger charge is -2.20. The fraction of sp³-hybridized carbons (Fsp3) is 0.385. The van der Waals surface area contributed by atoms with Crippen LogP contribution in [0.25, 0.3) is 0 Å². The Bertz CT molecular complexity index is 431. The number of carboxylic acids is 1. The van der Waals surface area contributed by atoms with Gasteiger partial charge in [0.15, 0.2) is 6.61 Å². The van der Waals surface area contributed by atoms with Crippen molar-refractivity contribution in [2.75, 3.05) is 6.61 Å². The summed E-state index contributed by atoms with van der Waals surface area (Å²) < 4.78 is 4.97. The molecule has 0 fully saturated rings. The van der Waals surface area contributed by atoms with Crippen LogP contribution in [0.1, 0.15) is 31.1 Å². The van der Waals surface area contributed by atoms with Crippen molar-refractivity contribution in [2.45, 2.75) is 26.3 Å². The maximum Gasteiger partial charge on any atom is 0.341 e. The van der Waals surface area contributed by atoms with E-state index in [-0.39, 0.29) is 11.4 Å². The number of hydrogen-bond donors (Lipinski definition) is 2. The van der Waals surface area contributed by atoms with Crippen molar-refractivity contribution in [3.8, 4) is 5.75 Å². The van der Waals surface area contributed by atoms with Gasteiger partial charge in [0, 0.05) is 11.1 Å². The Balaban J connectivity index is 2.65. The van der Waals surface area contributed by atoms with E-state index < -0.39 is 12.6 Å². The van der Waals surface area contributed by atoms with E-state index in [1.807, 2.05) is 20.8 Å². The molecule has 0 aliphatic rings. The lowest BCUT2D eigenvalue weighted by atomic mass is 10.1. The second kappa shape index (κ2) is 5.53. The predicted octanol–water partition coefficient (Wildman–Crippen LogP) is 1.68. The van der Waals surface area contributed by atoms with Gasteiger partial charge in [0.25, 0.3) is 5.91 Å². The molecule has 5 heteroatoms. The molecule has 0 aliphatic heterocycles. The molecule has 1 amide bonds. The minimum Gasteiger partial charge on any atom is -0.482 e. The molecule has 0 heterocycles. The predicted molar refractivity (Wildman–Crippen MR) is 66.8 cm³/mol. The van der Waals surface area contributed by atoms with Crippen molar-refractivity contribution in [1.29, 1.82) is 0 Å². The molecule has 0 saturated heterocycles. The zero-order valence-corrected chi connectivity index (χ0v) is 10.7. The van der Waals surface area contributed by atoms with Crippen LogP contribution in [0.3, 0.4) is 0 Å². The first-order valence-electron chi connectivity index (χ1n) is 5.55. The standard InChI is InChI=1S/C13H17NO4/c1-13(2,3)14-12(17)9-4-6-10(7-5-9)18-8-11(15)16/h4-7H,8H2,1-3H3,(H,14,17)(H,15,16). The van der Waals surface area contributed by atoms with Crippen molar-refractivity contribution in [2.24, 2.45) is 0 Å². The molecule has 1 aromatic carbocycles. The van der Waals surface area contributed by atoms with Gasteiger partial charge in [-0.3, -0.25) is 4.79 Å². The van der Waals surface area contributed by atoms with E-state index in [0.29, 0.717) is 11.3 Å². The van der Waals surface area contributed by atoms with Crippen LogP contribution >= 0.6 is 0 Å². The zero-order valence-electron chi connectivity index (χ0n) is 10.7. The second-order valence-corrected chi connectivity index (χ2v) is 4.91. The first-order chi connectivity index (χ1) is 8.28. The minimum absolute atomic E-state index is 0.174. The van der Waals surface area contributed by atoms with Gasteiger partial charge in [-0.15, -0.1) is 0 Å². The monoisotopic (exact) mass is 251 g/mol. The Kier molecular flexibility index (Phi) is 4.31. The van der Waals surface area contributed by atoms with Gasteiger partial charge in [-0.25, -0.2) is 4.79 Å². The summed E-state index contributed by atoms with van der Waals surface area (Å²) in [5.41, 5.74) is 0.211. The number of nitrogens with one attached hydrogen (secondary N) is 1. The summed E-state index contributed by atoms with van der Waals surface area (Å²) in [6, 6.07) is 6.33. The van der Waals surface area contributed by atoms with Crippen molar-refractivity contribution in [3.63, 3.8) is 0 Å². The van der Waals surface area contributed by atoms with Crippen LogP contribution in [0.5, 0.6) is 5.75 Å². The van der Waals surface area contributed by atoms with E-state index in [2.05, 4.69) is 5.32 Å². The van der Waals surface area contributed by atoms with E-state index in [1.54, 1.807) is 24.3 Å². The highest BCUT2D eigenvalue weighted by molar-refractivity contribution is 5.94. The number of rotatable bonds is 4. The van der Waals surface area contributed by atoms with Gasteiger partial charge in [0.1, 0.15) is 5.75 Å². The van der Waals surface area contributed by atoms with E-state index in [4.69, 9.17) is 9.84 Å². The number of carboxylic acid groups (broad SMARTS) is 1. The molecule has 0 atom stereocenters.